The number of likely N-dealkylation sites (N-methyl/N-ethyl adjacent to an activating group) is 1. The average Bonchev–Trinajstić information content (AvgIpc) is 1.60. The Morgan fingerprint density at radius 3 is 1.90 bits per heavy atom. The second-order valence-corrected chi connectivity index (χ2v) is 3.75. The third kappa shape index (κ3) is 3.18. The van der Waals surface area contributed by atoms with Crippen LogP contribution in [-0.2, 0) is 0 Å². The number of aliphatic hydroxyl groups is 1. The van der Waals surface area contributed by atoms with Crippen molar-refractivity contribution < 1.29 is 5.11 Å². The molecular formula is C8H19NO. The molecule has 62 valence electrons. The van der Waals surface area contributed by atoms with Gasteiger partial charge in [0.15, 0.2) is 0 Å². The minimum Gasteiger partial charge on any atom is -0.389 e. The Labute approximate surface area is 63.8 Å². The Balaban J connectivity index is 3.87. The van der Waals surface area contributed by atoms with Crippen LogP contribution < -0.4 is 0 Å². The zero-order valence-electron chi connectivity index (χ0n) is 7.68. The number of nitrogens with zero attached hydrogens (tertiary/aromatic N) is 1. The first-order chi connectivity index (χ1) is 4.36. The third-order valence-electron chi connectivity index (χ3n) is 1.88. The molecule has 0 saturated heterocycles. The molecule has 0 rings (SSSR count). The first-order valence-electron chi connectivity index (χ1n) is 3.73. The minimum absolute atomic E-state index is 0.315. The summed E-state index contributed by atoms with van der Waals surface area (Å²) in [5, 5.41) is 9.72. The molecule has 1 unspecified atom stereocenters. The highest BCUT2D eigenvalue weighted by Crippen LogP contribution is 2.15. The fourth-order valence-electron chi connectivity index (χ4n) is 0.823. The molecule has 0 heterocycles. The minimum atomic E-state index is -0.552. The number of hydrogen-bond acceptors (Lipinski definition) is 2. The van der Waals surface area contributed by atoms with Gasteiger partial charge in [-0.05, 0) is 26.9 Å². The molecule has 0 aliphatic carbocycles. The van der Waals surface area contributed by atoms with Crippen molar-refractivity contribution in [2.45, 2.75) is 26.4 Å². The smallest absolute Gasteiger partial charge is 0.0768 e. The van der Waals surface area contributed by atoms with Crippen LogP contribution in [-0.4, -0.2) is 36.2 Å². The van der Waals surface area contributed by atoms with Gasteiger partial charge in [0.05, 0.1) is 5.60 Å². The normalized spacial score (nSPS) is 18.0. The van der Waals surface area contributed by atoms with E-state index in [0.29, 0.717) is 5.92 Å². The fraction of sp³-hybridized carbons (Fsp3) is 1.00. The van der Waals surface area contributed by atoms with Crippen molar-refractivity contribution in [1.82, 2.24) is 4.90 Å². The third-order valence-corrected chi connectivity index (χ3v) is 1.88. The van der Waals surface area contributed by atoms with Gasteiger partial charge in [-0.25, -0.2) is 0 Å². The van der Waals surface area contributed by atoms with Gasteiger partial charge in [-0.1, -0.05) is 13.8 Å². The molecule has 1 atom stereocenters. The lowest BCUT2D eigenvalue weighted by molar-refractivity contribution is -0.00792. The summed E-state index contributed by atoms with van der Waals surface area (Å²) >= 11 is 0. The van der Waals surface area contributed by atoms with Gasteiger partial charge in [-0.3, -0.25) is 0 Å². The van der Waals surface area contributed by atoms with Crippen molar-refractivity contribution in [3.8, 4) is 0 Å². The molecule has 0 aliphatic rings. The standard InChI is InChI=1S/C8H19NO/c1-7(2)8(3,10)6-9(4)5/h7,10H,6H2,1-5H3. The van der Waals surface area contributed by atoms with Crippen LogP contribution in [0.5, 0.6) is 0 Å². The maximum Gasteiger partial charge on any atom is 0.0768 e. The summed E-state index contributed by atoms with van der Waals surface area (Å²) in [6.45, 7) is 6.66. The zero-order chi connectivity index (χ0) is 8.36. The molecule has 0 amide bonds. The van der Waals surface area contributed by atoms with Crippen LogP contribution in [0.3, 0.4) is 0 Å². The molecule has 0 aliphatic heterocycles. The van der Waals surface area contributed by atoms with Gasteiger partial charge in [0.1, 0.15) is 0 Å². The van der Waals surface area contributed by atoms with Crippen molar-refractivity contribution in [3.05, 3.63) is 0 Å². The highest BCUT2D eigenvalue weighted by Gasteiger charge is 2.24. The second-order valence-electron chi connectivity index (χ2n) is 3.75. The van der Waals surface area contributed by atoms with E-state index in [4.69, 9.17) is 0 Å². The van der Waals surface area contributed by atoms with E-state index < -0.39 is 5.60 Å². The molecule has 2 nitrogen and oxygen atoms in total. The van der Waals surface area contributed by atoms with E-state index in [1.54, 1.807) is 0 Å². The monoisotopic (exact) mass is 145 g/mol. The van der Waals surface area contributed by atoms with Crippen LogP contribution in [0.15, 0.2) is 0 Å². The summed E-state index contributed by atoms with van der Waals surface area (Å²) in [5.41, 5.74) is -0.552. The Hall–Kier alpha value is -0.0800. The summed E-state index contributed by atoms with van der Waals surface area (Å²) in [6.07, 6.45) is 0. The zero-order valence-corrected chi connectivity index (χ0v) is 7.68. The predicted molar refractivity (Wildman–Crippen MR) is 44.0 cm³/mol. The van der Waals surface area contributed by atoms with Crippen LogP contribution in [0.25, 0.3) is 0 Å². The fourth-order valence-corrected chi connectivity index (χ4v) is 0.823. The average molecular weight is 145 g/mol. The number of hydrogen-bond donors (Lipinski definition) is 1. The van der Waals surface area contributed by atoms with Gasteiger partial charge in [-0.2, -0.15) is 0 Å². The summed E-state index contributed by atoms with van der Waals surface area (Å²) in [7, 11) is 3.94. The highest BCUT2D eigenvalue weighted by atomic mass is 16.3. The van der Waals surface area contributed by atoms with Crippen LogP contribution in [0, 0.1) is 5.92 Å². The molecule has 1 N–H and O–H groups in total. The topological polar surface area (TPSA) is 23.5 Å². The van der Waals surface area contributed by atoms with Gasteiger partial charge < -0.3 is 10.0 Å². The Bertz CT molecular complexity index is 97.4. The van der Waals surface area contributed by atoms with E-state index in [1.807, 2.05) is 39.8 Å². The first-order valence-corrected chi connectivity index (χ1v) is 3.73. The molecule has 2 heteroatoms. The van der Waals surface area contributed by atoms with Crippen molar-refractivity contribution >= 4 is 0 Å². The van der Waals surface area contributed by atoms with Gasteiger partial charge in [0.25, 0.3) is 0 Å². The van der Waals surface area contributed by atoms with E-state index in [1.165, 1.54) is 0 Å². The summed E-state index contributed by atoms with van der Waals surface area (Å²) < 4.78 is 0. The van der Waals surface area contributed by atoms with Crippen molar-refractivity contribution in [1.29, 1.82) is 0 Å². The molecule has 0 bridgehead atoms. The summed E-state index contributed by atoms with van der Waals surface area (Å²) in [4.78, 5) is 2.00. The van der Waals surface area contributed by atoms with Crippen LogP contribution >= 0.6 is 0 Å². The largest absolute Gasteiger partial charge is 0.389 e. The predicted octanol–water partition coefficient (Wildman–Crippen LogP) is 0.955. The van der Waals surface area contributed by atoms with Crippen molar-refractivity contribution in [3.63, 3.8) is 0 Å². The summed E-state index contributed by atoms with van der Waals surface area (Å²) in [6, 6.07) is 0. The van der Waals surface area contributed by atoms with E-state index in [2.05, 4.69) is 0 Å². The molecule has 0 fully saturated rings. The lowest BCUT2D eigenvalue weighted by Gasteiger charge is -2.30. The maximum absolute atomic E-state index is 9.72. The molecule has 0 radical (unpaired) electrons. The Morgan fingerprint density at radius 2 is 1.80 bits per heavy atom. The molecule has 0 aromatic heterocycles. The lowest BCUT2D eigenvalue weighted by Crippen LogP contribution is -2.41. The Morgan fingerprint density at radius 1 is 1.40 bits per heavy atom. The molecule has 0 saturated carbocycles. The van der Waals surface area contributed by atoms with E-state index in [9.17, 15) is 5.11 Å². The van der Waals surface area contributed by atoms with Crippen LogP contribution in [0.4, 0.5) is 0 Å². The molecule has 0 spiro atoms. The van der Waals surface area contributed by atoms with Gasteiger partial charge in [0.2, 0.25) is 0 Å². The van der Waals surface area contributed by atoms with Gasteiger partial charge in [-0.15, -0.1) is 0 Å². The summed E-state index contributed by atoms with van der Waals surface area (Å²) in [5.74, 6) is 0.315. The molecular weight excluding hydrogens is 126 g/mol. The quantitative estimate of drug-likeness (QED) is 0.639. The van der Waals surface area contributed by atoms with Crippen LogP contribution in [0.2, 0.25) is 0 Å². The lowest BCUT2D eigenvalue weighted by atomic mass is 9.92. The first kappa shape index (κ1) is 9.92. The molecule has 0 aromatic rings. The van der Waals surface area contributed by atoms with Gasteiger partial charge in [0, 0.05) is 6.54 Å². The van der Waals surface area contributed by atoms with E-state index in [0.717, 1.165) is 6.54 Å². The van der Waals surface area contributed by atoms with Gasteiger partial charge >= 0.3 is 0 Å². The number of rotatable bonds is 3. The van der Waals surface area contributed by atoms with Crippen LogP contribution in [0.1, 0.15) is 20.8 Å². The van der Waals surface area contributed by atoms with Crippen molar-refractivity contribution in [2.75, 3.05) is 20.6 Å². The molecule has 0 aromatic carbocycles. The van der Waals surface area contributed by atoms with E-state index in [-0.39, 0.29) is 0 Å². The maximum atomic E-state index is 9.72. The SMILES string of the molecule is CC(C)C(C)(O)CN(C)C. The van der Waals surface area contributed by atoms with E-state index >= 15 is 0 Å². The second kappa shape index (κ2) is 3.35. The molecule has 10 heavy (non-hydrogen) atoms. The highest BCUT2D eigenvalue weighted by molar-refractivity contribution is 4.78. The van der Waals surface area contributed by atoms with Crippen molar-refractivity contribution in [2.24, 2.45) is 5.92 Å². The Kier molecular flexibility index (Phi) is 3.33.